The van der Waals surface area contributed by atoms with Crippen LogP contribution < -0.4 is 4.74 Å². The molecule has 0 saturated carbocycles. The lowest BCUT2D eigenvalue weighted by Gasteiger charge is -2.27. The molecule has 1 aliphatic carbocycles. The number of esters is 2. The molecule has 130 valence electrons. The van der Waals surface area contributed by atoms with Gasteiger partial charge in [0.1, 0.15) is 5.60 Å². The lowest BCUT2D eigenvalue weighted by molar-refractivity contribution is -0.147. The van der Waals surface area contributed by atoms with Gasteiger partial charge in [-0.1, -0.05) is 25.3 Å². The summed E-state index contributed by atoms with van der Waals surface area (Å²) in [7, 11) is 0. The van der Waals surface area contributed by atoms with E-state index in [9.17, 15) is 18.4 Å². The zero-order valence-electron chi connectivity index (χ0n) is 13.6. The Labute approximate surface area is 143 Å². The van der Waals surface area contributed by atoms with Gasteiger partial charge in [-0.2, -0.15) is 4.39 Å². The van der Waals surface area contributed by atoms with Crippen molar-refractivity contribution in [3.05, 3.63) is 72.9 Å². The second-order valence-electron chi connectivity index (χ2n) is 5.50. The summed E-state index contributed by atoms with van der Waals surface area (Å²) >= 11 is 0. The Balaban J connectivity index is 2.25. The molecule has 25 heavy (non-hydrogen) atoms. The van der Waals surface area contributed by atoms with Gasteiger partial charge in [-0.15, -0.1) is 0 Å². The maximum absolute atomic E-state index is 14.3. The number of hydrogen-bond acceptors (Lipinski definition) is 4. The van der Waals surface area contributed by atoms with Crippen molar-refractivity contribution in [2.75, 3.05) is 0 Å². The van der Waals surface area contributed by atoms with Crippen molar-refractivity contribution >= 4 is 17.5 Å². The normalized spacial score (nSPS) is 18.9. The third-order valence-electron chi connectivity index (χ3n) is 3.58. The Bertz CT molecular complexity index is 808. The lowest BCUT2D eigenvalue weighted by Crippen LogP contribution is -2.29. The molecule has 1 atom stereocenters. The maximum Gasteiger partial charge on any atom is 0.335 e. The molecule has 0 amide bonds. The van der Waals surface area contributed by atoms with E-state index in [1.807, 2.05) is 0 Å². The monoisotopic (exact) mass is 346 g/mol. The molecule has 2 rings (SSSR count). The summed E-state index contributed by atoms with van der Waals surface area (Å²) < 4.78 is 38.2. The summed E-state index contributed by atoms with van der Waals surface area (Å²) in [5.74, 6) is -4.39. The average molecular weight is 346 g/mol. The first-order valence-electron chi connectivity index (χ1n) is 7.37. The van der Waals surface area contributed by atoms with E-state index in [2.05, 4.69) is 17.9 Å². The molecule has 0 radical (unpaired) electrons. The van der Waals surface area contributed by atoms with Crippen molar-refractivity contribution in [3.8, 4) is 5.75 Å². The minimum Gasteiger partial charge on any atom is -0.452 e. The van der Waals surface area contributed by atoms with E-state index in [-0.39, 0.29) is 12.0 Å². The fraction of sp³-hybridized carbons (Fsp3) is 0.158. The average Bonchev–Trinajstić information content (AvgIpc) is 2.59. The molecule has 0 N–H and O–H groups in total. The summed E-state index contributed by atoms with van der Waals surface area (Å²) in [5, 5.41) is 0. The van der Waals surface area contributed by atoms with Gasteiger partial charge >= 0.3 is 11.9 Å². The molecule has 0 saturated heterocycles. The molecule has 0 aliphatic heterocycles. The van der Waals surface area contributed by atoms with Crippen LogP contribution in [0.2, 0.25) is 0 Å². The van der Waals surface area contributed by atoms with E-state index in [1.54, 1.807) is 19.1 Å². The van der Waals surface area contributed by atoms with Crippen LogP contribution in [0.25, 0.3) is 5.57 Å². The van der Waals surface area contributed by atoms with E-state index in [1.165, 1.54) is 12.1 Å². The van der Waals surface area contributed by atoms with Crippen molar-refractivity contribution < 1.29 is 27.8 Å². The lowest BCUT2D eigenvalue weighted by atomic mass is 9.90. The third-order valence-corrected chi connectivity index (χ3v) is 3.58. The van der Waals surface area contributed by atoms with E-state index >= 15 is 0 Å². The van der Waals surface area contributed by atoms with Crippen LogP contribution in [0, 0.1) is 11.6 Å². The Morgan fingerprint density at radius 2 is 1.84 bits per heavy atom. The molecule has 6 heteroatoms. The van der Waals surface area contributed by atoms with Crippen LogP contribution in [0.3, 0.4) is 0 Å². The third kappa shape index (κ3) is 4.09. The zero-order chi connectivity index (χ0) is 18.6. The Hall–Kier alpha value is -3.02. The van der Waals surface area contributed by atoms with Crippen LogP contribution >= 0.6 is 0 Å². The van der Waals surface area contributed by atoms with Gasteiger partial charge < -0.3 is 9.47 Å². The van der Waals surface area contributed by atoms with Gasteiger partial charge in [0.15, 0.2) is 11.6 Å². The first-order valence-corrected chi connectivity index (χ1v) is 7.37. The molecule has 1 aromatic rings. The molecule has 1 aromatic carbocycles. The van der Waals surface area contributed by atoms with Gasteiger partial charge in [-0.25, -0.2) is 14.0 Å². The fourth-order valence-electron chi connectivity index (χ4n) is 2.25. The Kier molecular flexibility index (Phi) is 5.32. The Morgan fingerprint density at radius 3 is 2.40 bits per heavy atom. The summed E-state index contributed by atoms with van der Waals surface area (Å²) in [5.41, 5.74) is -0.460. The molecule has 0 bridgehead atoms. The number of allylic oxidation sites excluding steroid dienone is 2. The highest BCUT2D eigenvalue weighted by molar-refractivity contribution is 5.84. The quantitative estimate of drug-likeness (QED) is 0.461. The van der Waals surface area contributed by atoms with Crippen LogP contribution in [-0.4, -0.2) is 17.5 Å². The molecule has 1 aliphatic rings. The predicted octanol–water partition coefficient (Wildman–Crippen LogP) is 3.89. The summed E-state index contributed by atoms with van der Waals surface area (Å²) in [6.07, 6.45) is 6.94. The summed E-state index contributed by atoms with van der Waals surface area (Å²) in [6.45, 7) is 8.21. The highest BCUT2D eigenvalue weighted by Crippen LogP contribution is 2.33. The van der Waals surface area contributed by atoms with Gasteiger partial charge in [-0.05, 0) is 30.7 Å². The predicted molar refractivity (Wildman–Crippen MR) is 88.6 cm³/mol. The van der Waals surface area contributed by atoms with Crippen molar-refractivity contribution in [3.63, 3.8) is 0 Å². The number of halogens is 2. The SMILES string of the molecule is C=CC(=O)Oc1ccc(C2=CCC(C)(OC(=O)C=C)C=C2)c(F)c1F. The van der Waals surface area contributed by atoms with Gasteiger partial charge in [0.2, 0.25) is 5.82 Å². The van der Waals surface area contributed by atoms with E-state index < -0.39 is 34.9 Å². The van der Waals surface area contributed by atoms with Gasteiger partial charge in [0, 0.05) is 24.1 Å². The first-order chi connectivity index (χ1) is 11.8. The van der Waals surface area contributed by atoms with Crippen molar-refractivity contribution in [1.82, 2.24) is 0 Å². The van der Waals surface area contributed by atoms with E-state index in [0.717, 1.165) is 18.2 Å². The van der Waals surface area contributed by atoms with Crippen molar-refractivity contribution in [1.29, 1.82) is 0 Å². The van der Waals surface area contributed by atoms with Crippen molar-refractivity contribution in [2.24, 2.45) is 0 Å². The molecule has 0 spiro atoms. The smallest absolute Gasteiger partial charge is 0.335 e. The topological polar surface area (TPSA) is 52.6 Å². The number of rotatable bonds is 5. The largest absolute Gasteiger partial charge is 0.452 e. The molecule has 0 aromatic heterocycles. The molecule has 1 unspecified atom stereocenters. The van der Waals surface area contributed by atoms with Crippen LogP contribution in [-0.2, 0) is 14.3 Å². The second kappa shape index (κ2) is 7.25. The van der Waals surface area contributed by atoms with Crippen LogP contribution in [0.4, 0.5) is 8.78 Å². The summed E-state index contributed by atoms with van der Waals surface area (Å²) in [4.78, 5) is 22.4. The van der Waals surface area contributed by atoms with Crippen LogP contribution in [0.15, 0.2) is 55.7 Å². The highest BCUT2D eigenvalue weighted by atomic mass is 19.2. The first kappa shape index (κ1) is 18.3. The van der Waals surface area contributed by atoms with Crippen molar-refractivity contribution in [2.45, 2.75) is 18.9 Å². The Morgan fingerprint density at radius 1 is 1.16 bits per heavy atom. The molecular weight excluding hydrogens is 330 g/mol. The minimum absolute atomic E-state index is 0.00393. The zero-order valence-corrected chi connectivity index (χ0v) is 13.6. The number of hydrogen-bond donors (Lipinski definition) is 0. The standard InChI is InChI=1S/C19H16F2O4/c1-4-15(22)24-14-7-6-13(17(20)18(14)21)12-8-10-19(3,11-9-12)25-16(23)5-2/h4-10H,1-2,11H2,3H3. The van der Waals surface area contributed by atoms with Crippen LogP contribution in [0.5, 0.6) is 5.75 Å². The minimum atomic E-state index is -1.27. The maximum atomic E-state index is 14.3. The summed E-state index contributed by atoms with van der Waals surface area (Å²) in [6, 6.07) is 2.47. The van der Waals surface area contributed by atoms with E-state index in [0.29, 0.717) is 5.57 Å². The number of carbonyl (C=O) groups excluding carboxylic acids is 2. The molecular formula is C19H16F2O4. The van der Waals surface area contributed by atoms with Gasteiger partial charge in [0.25, 0.3) is 0 Å². The number of carbonyl (C=O) groups is 2. The highest BCUT2D eigenvalue weighted by Gasteiger charge is 2.27. The van der Waals surface area contributed by atoms with Gasteiger partial charge in [-0.3, -0.25) is 0 Å². The second-order valence-corrected chi connectivity index (χ2v) is 5.50. The van der Waals surface area contributed by atoms with E-state index in [4.69, 9.17) is 4.74 Å². The van der Waals surface area contributed by atoms with Crippen LogP contribution in [0.1, 0.15) is 18.9 Å². The number of benzene rings is 1. The molecule has 0 heterocycles. The molecule has 0 fully saturated rings. The molecule has 4 nitrogen and oxygen atoms in total. The van der Waals surface area contributed by atoms with Gasteiger partial charge in [0.05, 0.1) is 0 Å². The number of ether oxygens (including phenoxy) is 2. The fourth-order valence-corrected chi connectivity index (χ4v) is 2.25.